The quantitative estimate of drug-likeness (QED) is 0.259. The molecule has 8 nitrogen and oxygen atoms in total. The normalized spacial score (nSPS) is 22.0. The van der Waals surface area contributed by atoms with Crippen molar-refractivity contribution in [3.05, 3.63) is 67.8 Å². The van der Waals surface area contributed by atoms with Crippen LogP contribution in [-0.4, -0.2) is 61.9 Å². The number of carboxylic acids is 1. The number of halogens is 6. The van der Waals surface area contributed by atoms with Crippen LogP contribution in [0.1, 0.15) is 70.4 Å². The third-order valence-corrected chi connectivity index (χ3v) is 10.2. The number of piperidine rings is 1. The number of fused-ring (bicyclic) bond motifs is 1. The van der Waals surface area contributed by atoms with E-state index in [0.717, 1.165) is 39.1 Å². The van der Waals surface area contributed by atoms with Crippen LogP contribution in [0.4, 0.5) is 26.3 Å². The van der Waals surface area contributed by atoms with Crippen LogP contribution in [0.3, 0.4) is 0 Å². The van der Waals surface area contributed by atoms with Gasteiger partial charge in [0.2, 0.25) is 5.60 Å². The Kier molecular flexibility index (Phi) is 9.42. The van der Waals surface area contributed by atoms with Gasteiger partial charge in [0, 0.05) is 41.9 Å². The predicted octanol–water partition coefficient (Wildman–Crippen LogP) is 6.89. The van der Waals surface area contributed by atoms with Gasteiger partial charge < -0.3 is 19.6 Å². The summed E-state index contributed by atoms with van der Waals surface area (Å²) in [4.78, 5) is 46.9. The number of unbranched alkanes of at least 4 members (excludes halogenated alkanes) is 1. The SMILES string of the molecule is CCCC[C@H]1N(C(=O)c2ncccc2C(F)(F)F)CCC[C@@]1(Oc1csc(C(F)(F)F)c1)C(=O)N1Cc2sccc2CC1C(=O)O. The minimum atomic E-state index is -4.93. The molecule has 1 fully saturated rings. The number of carboxylic acid groups (broad SMARTS) is 1. The first-order valence-electron chi connectivity index (χ1n) is 14.4. The fraction of sp³-hybridized carbons (Fsp3) is 0.467. The highest BCUT2D eigenvalue weighted by Gasteiger charge is 2.57. The molecule has 248 valence electrons. The lowest BCUT2D eigenvalue weighted by Crippen LogP contribution is -2.69. The second-order valence-corrected chi connectivity index (χ2v) is 13.1. The molecule has 5 rings (SSSR count). The number of amides is 2. The van der Waals surface area contributed by atoms with Crippen LogP contribution in [0.25, 0.3) is 0 Å². The highest BCUT2D eigenvalue weighted by Crippen LogP contribution is 2.44. The molecule has 3 aromatic rings. The highest BCUT2D eigenvalue weighted by molar-refractivity contribution is 7.10. The van der Waals surface area contributed by atoms with E-state index >= 15 is 0 Å². The van der Waals surface area contributed by atoms with E-state index in [0.29, 0.717) is 35.1 Å². The topological polar surface area (TPSA) is 100 Å². The van der Waals surface area contributed by atoms with Gasteiger partial charge in [0.05, 0.1) is 18.2 Å². The summed E-state index contributed by atoms with van der Waals surface area (Å²) >= 11 is 1.64. The molecule has 0 spiro atoms. The van der Waals surface area contributed by atoms with E-state index in [-0.39, 0.29) is 44.5 Å². The van der Waals surface area contributed by atoms with Gasteiger partial charge in [-0.2, -0.15) is 26.3 Å². The van der Waals surface area contributed by atoms with Crippen LogP contribution in [0.2, 0.25) is 0 Å². The van der Waals surface area contributed by atoms with Gasteiger partial charge in [-0.3, -0.25) is 14.6 Å². The van der Waals surface area contributed by atoms with Crippen molar-refractivity contribution >= 4 is 40.5 Å². The molecule has 1 saturated heterocycles. The Bertz CT molecular complexity index is 1610. The number of carbonyl (C=O) groups excluding carboxylic acids is 2. The maximum atomic E-state index is 14.8. The fourth-order valence-corrected chi connectivity index (χ4v) is 7.74. The number of pyridine rings is 1. The molecule has 2 aliphatic heterocycles. The van der Waals surface area contributed by atoms with Gasteiger partial charge >= 0.3 is 18.3 Å². The highest BCUT2D eigenvalue weighted by atomic mass is 32.1. The maximum Gasteiger partial charge on any atom is 0.425 e. The van der Waals surface area contributed by atoms with Gasteiger partial charge in [-0.15, -0.1) is 22.7 Å². The zero-order valence-corrected chi connectivity index (χ0v) is 26.0. The summed E-state index contributed by atoms with van der Waals surface area (Å²) in [5.41, 5.74) is -3.55. The number of rotatable bonds is 8. The lowest BCUT2D eigenvalue weighted by atomic mass is 9.79. The van der Waals surface area contributed by atoms with E-state index in [9.17, 15) is 45.8 Å². The number of nitrogens with zero attached hydrogens (tertiary/aromatic N) is 3. The van der Waals surface area contributed by atoms with Gasteiger partial charge in [0.1, 0.15) is 22.4 Å². The zero-order chi connectivity index (χ0) is 33.4. The van der Waals surface area contributed by atoms with Gasteiger partial charge in [-0.25, -0.2) is 4.79 Å². The number of aromatic nitrogens is 1. The van der Waals surface area contributed by atoms with E-state index in [1.165, 1.54) is 11.3 Å². The Hall–Kier alpha value is -3.66. The number of ether oxygens (including phenoxy) is 1. The molecule has 0 radical (unpaired) electrons. The van der Waals surface area contributed by atoms with E-state index in [1.807, 2.05) is 6.92 Å². The van der Waals surface area contributed by atoms with Crippen LogP contribution >= 0.6 is 22.7 Å². The number of alkyl halides is 6. The van der Waals surface area contributed by atoms with E-state index in [2.05, 4.69) is 4.98 Å². The summed E-state index contributed by atoms with van der Waals surface area (Å²) in [5, 5.41) is 13.0. The number of aliphatic carboxylic acids is 1. The lowest BCUT2D eigenvalue weighted by molar-refractivity contribution is -0.168. The van der Waals surface area contributed by atoms with Crippen molar-refractivity contribution in [2.75, 3.05) is 6.54 Å². The molecular weight excluding hydrogens is 660 g/mol. The number of hydrogen-bond acceptors (Lipinski definition) is 7. The smallest absolute Gasteiger partial charge is 0.425 e. The third kappa shape index (κ3) is 6.46. The summed E-state index contributed by atoms with van der Waals surface area (Å²) in [7, 11) is 0. The Labute approximate surface area is 267 Å². The zero-order valence-electron chi connectivity index (χ0n) is 24.4. The molecule has 46 heavy (non-hydrogen) atoms. The molecule has 2 aliphatic rings. The summed E-state index contributed by atoms with van der Waals surface area (Å²) in [6.45, 7) is 1.60. The lowest BCUT2D eigenvalue weighted by Gasteiger charge is -2.51. The summed E-state index contributed by atoms with van der Waals surface area (Å²) < 4.78 is 88.8. The van der Waals surface area contributed by atoms with Gasteiger partial charge in [0.15, 0.2) is 0 Å². The number of hydrogen-bond donors (Lipinski definition) is 1. The maximum absolute atomic E-state index is 14.8. The molecular formula is C30H29F6N3O5S2. The largest absolute Gasteiger partial charge is 0.480 e. The molecule has 0 saturated carbocycles. The first-order chi connectivity index (χ1) is 21.7. The average molecular weight is 690 g/mol. The molecule has 3 aromatic heterocycles. The van der Waals surface area contributed by atoms with Crippen molar-refractivity contribution in [3.8, 4) is 5.75 Å². The van der Waals surface area contributed by atoms with Crippen LogP contribution in [-0.2, 0) is 34.9 Å². The first kappa shape index (κ1) is 33.7. The average Bonchev–Trinajstić information content (AvgIpc) is 3.68. The van der Waals surface area contributed by atoms with Crippen molar-refractivity contribution in [1.29, 1.82) is 0 Å². The van der Waals surface area contributed by atoms with E-state index < -0.39 is 64.0 Å². The monoisotopic (exact) mass is 689 g/mol. The van der Waals surface area contributed by atoms with Crippen LogP contribution in [0, 0.1) is 0 Å². The minimum Gasteiger partial charge on any atom is -0.480 e. The molecule has 1 N–H and O–H groups in total. The predicted molar refractivity (Wildman–Crippen MR) is 155 cm³/mol. The Morgan fingerprint density at radius 3 is 2.52 bits per heavy atom. The standard InChI is InChI=1S/C30H29F6N3O5S2/c1-2-3-7-22-28(44-18-14-23(46-16-18)30(34,35)36,27(43)39-15-21-17(8-12-45-21)13-20(39)26(41)42)9-5-11-38(22)25(40)24-19(29(31,32)33)6-4-10-37-24/h4,6,8,10,12,14,16,20,22H,2-3,5,7,9,11,13,15H2,1H3,(H,41,42)/t20?,22-,28+/m1/s1. The van der Waals surface area contributed by atoms with Crippen molar-refractivity contribution < 1.29 is 50.6 Å². The molecule has 2 amide bonds. The van der Waals surface area contributed by atoms with Crippen LogP contribution < -0.4 is 4.74 Å². The van der Waals surface area contributed by atoms with Crippen LogP contribution in [0.15, 0.2) is 41.2 Å². The first-order valence-corrected chi connectivity index (χ1v) is 16.2. The Morgan fingerprint density at radius 2 is 1.87 bits per heavy atom. The van der Waals surface area contributed by atoms with Gasteiger partial charge in [-0.1, -0.05) is 19.8 Å². The number of carbonyl (C=O) groups is 3. The second kappa shape index (κ2) is 12.9. The van der Waals surface area contributed by atoms with Crippen molar-refractivity contribution in [3.63, 3.8) is 0 Å². The van der Waals surface area contributed by atoms with E-state index in [4.69, 9.17) is 4.74 Å². The summed E-state index contributed by atoms with van der Waals surface area (Å²) in [6, 6.07) is 1.61. The minimum absolute atomic E-state index is 0.0282. The Balaban J connectivity index is 1.65. The fourth-order valence-electron chi connectivity index (χ4n) is 6.15. The Morgan fingerprint density at radius 1 is 1.11 bits per heavy atom. The third-order valence-electron chi connectivity index (χ3n) is 8.27. The molecule has 3 atom stereocenters. The molecule has 0 aromatic carbocycles. The number of likely N-dealkylation sites (tertiary alicyclic amines) is 1. The van der Waals surface area contributed by atoms with Gasteiger partial charge in [-0.05, 0) is 42.0 Å². The van der Waals surface area contributed by atoms with E-state index in [1.54, 1.807) is 11.4 Å². The molecule has 1 unspecified atom stereocenters. The molecule has 16 heteroatoms. The summed E-state index contributed by atoms with van der Waals surface area (Å²) in [6.07, 6.45) is -7.79. The van der Waals surface area contributed by atoms with Gasteiger partial charge in [0.25, 0.3) is 11.8 Å². The molecule has 0 aliphatic carbocycles. The number of thiophene rings is 2. The molecule has 5 heterocycles. The van der Waals surface area contributed by atoms with Crippen molar-refractivity contribution in [2.24, 2.45) is 0 Å². The molecule has 0 bridgehead atoms. The second-order valence-electron chi connectivity index (χ2n) is 11.2. The van der Waals surface area contributed by atoms with Crippen LogP contribution in [0.5, 0.6) is 5.75 Å². The van der Waals surface area contributed by atoms with Crippen molar-refractivity contribution in [1.82, 2.24) is 14.8 Å². The van der Waals surface area contributed by atoms with Crippen molar-refractivity contribution in [2.45, 2.75) is 82.0 Å². The summed E-state index contributed by atoms with van der Waals surface area (Å²) in [5.74, 6) is -3.62.